The minimum atomic E-state index is 0.0645. The first-order chi connectivity index (χ1) is 7.75. The number of phenols is 1. The van der Waals surface area contributed by atoms with Gasteiger partial charge < -0.3 is 21.5 Å². The number of nitrogens with one attached hydrogen (secondary N) is 2. The van der Waals surface area contributed by atoms with Gasteiger partial charge in [0.15, 0.2) is 0 Å². The highest BCUT2D eigenvalue weighted by Crippen LogP contribution is 2.38. The van der Waals surface area contributed by atoms with Crippen molar-refractivity contribution in [2.75, 3.05) is 18.4 Å². The molecule has 1 fully saturated rings. The van der Waals surface area contributed by atoms with E-state index in [1.54, 1.807) is 12.1 Å². The molecule has 3 atom stereocenters. The van der Waals surface area contributed by atoms with Crippen LogP contribution in [-0.4, -0.2) is 24.2 Å². The van der Waals surface area contributed by atoms with E-state index in [9.17, 15) is 5.11 Å². The third kappa shape index (κ3) is 1.45. The van der Waals surface area contributed by atoms with E-state index in [4.69, 9.17) is 5.73 Å². The van der Waals surface area contributed by atoms with E-state index in [1.165, 1.54) is 0 Å². The van der Waals surface area contributed by atoms with E-state index in [0.29, 0.717) is 17.7 Å². The first kappa shape index (κ1) is 9.93. The van der Waals surface area contributed by atoms with Gasteiger partial charge in [-0.1, -0.05) is 6.07 Å². The number of piperidine rings is 1. The van der Waals surface area contributed by atoms with Gasteiger partial charge in [0.05, 0.1) is 0 Å². The summed E-state index contributed by atoms with van der Waals surface area (Å²) in [5.74, 6) is 0.747. The SMILES string of the molecule is NC1c2ccc(O)cc2NC2CCNCC21. The van der Waals surface area contributed by atoms with Crippen LogP contribution in [0.15, 0.2) is 18.2 Å². The third-order valence-electron chi connectivity index (χ3n) is 3.73. The molecule has 16 heavy (non-hydrogen) atoms. The molecule has 2 aliphatic heterocycles. The Labute approximate surface area is 94.8 Å². The van der Waals surface area contributed by atoms with Gasteiger partial charge in [-0.15, -0.1) is 0 Å². The van der Waals surface area contributed by atoms with Crippen LogP contribution in [0.2, 0.25) is 0 Å². The maximum absolute atomic E-state index is 9.48. The lowest BCUT2D eigenvalue weighted by atomic mass is 9.80. The number of anilines is 1. The van der Waals surface area contributed by atoms with Crippen molar-refractivity contribution < 1.29 is 5.11 Å². The summed E-state index contributed by atoms with van der Waals surface area (Å²) in [7, 11) is 0. The van der Waals surface area contributed by atoms with Gasteiger partial charge in [0.2, 0.25) is 0 Å². The molecule has 1 aromatic carbocycles. The molecule has 3 unspecified atom stereocenters. The normalized spacial score (nSPS) is 32.4. The van der Waals surface area contributed by atoms with Gasteiger partial charge in [-0.25, -0.2) is 0 Å². The lowest BCUT2D eigenvalue weighted by molar-refractivity contribution is 0.288. The third-order valence-corrected chi connectivity index (χ3v) is 3.73. The molecule has 1 saturated heterocycles. The number of hydrogen-bond donors (Lipinski definition) is 4. The van der Waals surface area contributed by atoms with E-state index in [2.05, 4.69) is 10.6 Å². The second kappa shape index (κ2) is 3.64. The summed E-state index contributed by atoms with van der Waals surface area (Å²) in [4.78, 5) is 0. The molecular formula is C12H17N3O. The molecule has 5 N–H and O–H groups in total. The zero-order chi connectivity index (χ0) is 11.1. The molecule has 0 amide bonds. The molecule has 0 spiro atoms. The number of fused-ring (bicyclic) bond motifs is 2. The van der Waals surface area contributed by atoms with Crippen LogP contribution in [-0.2, 0) is 0 Å². The van der Waals surface area contributed by atoms with Crippen molar-refractivity contribution in [3.05, 3.63) is 23.8 Å². The lowest BCUT2D eigenvalue weighted by Crippen LogP contribution is -2.51. The summed E-state index contributed by atoms with van der Waals surface area (Å²) in [5, 5.41) is 16.4. The van der Waals surface area contributed by atoms with Gasteiger partial charge in [0.1, 0.15) is 5.75 Å². The second-order valence-corrected chi connectivity index (χ2v) is 4.70. The maximum atomic E-state index is 9.48. The molecule has 86 valence electrons. The van der Waals surface area contributed by atoms with Gasteiger partial charge in [0.25, 0.3) is 0 Å². The molecule has 0 aliphatic carbocycles. The fourth-order valence-corrected chi connectivity index (χ4v) is 2.83. The molecule has 1 aromatic rings. The van der Waals surface area contributed by atoms with Crippen molar-refractivity contribution >= 4 is 5.69 Å². The Bertz CT molecular complexity index is 407. The number of aromatic hydroxyl groups is 1. The maximum Gasteiger partial charge on any atom is 0.117 e. The van der Waals surface area contributed by atoms with Crippen LogP contribution in [0.4, 0.5) is 5.69 Å². The monoisotopic (exact) mass is 219 g/mol. The second-order valence-electron chi connectivity index (χ2n) is 4.70. The van der Waals surface area contributed by atoms with Gasteiger partial charge in [0, 0.05) is 36.3 Å². The van der Waals surface area contributed by atoms with Gasteiger partial charge in [-0.05, 0) is 24.6 Å². The van der Waals surface area contributed by atoms with Crippen molar-refractivity contribution in [2.45, 2.75) is 18.5 Å². The van der Waals surface area contributed by atoms with Crippen LogP contribution in [0.5, 0.6) is 5.75 Å². The molecule has 3 rings (SSSR count). The predicted octanol–water partition coefficient (Wildman–Crippen LogP) is 0.796. The standard InChI is InChI=1S/C12H17N3O/c13-12-8-2-1-7(16)5-11(8)15-10-3-4-14-6-9(10)12/h1-2,5,9-10,12,14-16H,3-4,6,13H2. The minimum Gasteiger partial charge on any atom is -0.508 e. The van der Waals surface area contributed by atoms with E-state index >= 15 is 0 Å². The fourth-order valence-electron chi connectivity index (χ4n) is 2.83. The van der Waals surface area contributed by atoms with Crippen molar-refractivity contribution in [1.29, 1.82) is 0 Å². The van der Waals surface area contributed by atoms with Crippen LogP contribution in [0.3, 0.4) is 0 Å². The van der Waals surface area contributed by atoms with Crippen molar-refractivity contribution in [2.24, 2.45) is 11.7 Å². The summed E-state index contributed by atoms with van der Waals surface area (Å²) < 4.78 is 0. The molecular weight excluding hydrogens is 202 g/mol. The highest BCUT2D eigenvalue weighted by atomic mass is 16.3. The Hall–Kier alpha value is -1.26. The zero-order valence-electron chi connectivity index (χ0n) is 9.11. The minimum absolute atomic E-state index is 0.0645. The molecule has 0 radical (unpaired) electrons. The number of benzene rings is 1. The summed E-state index contributed by atoms with van der Waals surface area (Å²) >= 11 is 0. The molecule has 0 bridgehead atoms. The van der Waals surface area contributed by atoms with E-state index < -0.39 is 0 Å². The van der Waals surface area contributed by atoms with Gasteiger partial charge in [-0.2, -0.15) is 0 Å². The van der Waals surface area contributed by atoms with Crippen LogP contribution >= 0.6 is 0 Å². The summed E-state index contributed by atoms with van der Waals surface area (Å²) in [6.45, 7) is 2.01. The van der Waals surface area contributed by atoms with Crippen LogP contribution in [0.1, 0.15) is 18.0 Å². The number of nitrogens with two attached hydrogens (primary N) is 1. The predicted molar refractivity (Wildman–Crippen MR) is 63.4 cm³/mol. The number of hydrogen-bond acceptors (Lipinski definition) is 4. The first-order valence-electron chi connectivity index (χ1n) is 5.81. The van der Waals surface area contributed by atoms with Crippen molar-refractivity contribution in [3.8, 4) is 5.75 Å². The zero-order valence-corrected chi connectivity index (χ0v) is 9.11. The van der Waals surface area contributed by atoms with Crippen LogP contribution in [0.25, 0.3) is 0 Å². The van der Waals surface area contributed by atoms with Crippen LogP contribution in [0, 0.1) is 5.92 Å². The molecule has 0 saturated carbocycles. The topological polar surface area (TPSA) is 70.3 Å². The van der Waals surface area contributed by atoms with E-state index in [1.807, 2.05) is 6.07 Å². The Morgan fingerprint density at radius 2 is 2.25 bits per heavy atom. The number of phenolic OH excluding ortho intramolecular Hbond substituents is 1. The van der Waals surface area contributed by atoms with Gasteiger partial charge in [-0.3, -0.25) is 0 Å². The molecule has 2 aliphatic rings. The summed E-state index contributed by atoms with van der Waals surface area (Å²) in [6.07, 6.45) is 1.09. The van der Waals surface area contributed by atoms with Crippen molar-refractivity contribution in [1.82, 2.24) is 5.32 Å². The summed E-state index contributed by atoms with van der Waals surface area (Å²) in [5.41, 5.74) is 8.40. The molecule has 0 aromatic heterocycles. The Morgan fingerprint density at radius 3 is 3.12 bits per heavy atom. The highest BCUT2D eigenvalue weighted by Gasteiger charge is 2.35. The Kier molecular flexibility index (Phi) is 2.26. The fraction of sp³-hybridized carbons (Fsp3) is 0.500. The average molecular weight is 219 g/mol. The largest absolute Gasteiger partial charge is 0.508 e. The quantitative estimate of drug-likeness (QED) is 0.521. The molecule has 2 heterocycles. The Morgan fingerprint density at radius 1 is 1.38 bits per heavy atom. The van der Waals surface area contributed by atoms with E-state index in [-0.39, 0.29) is 6.04 Å². The lowest BCUT2D eigenvalue weighted by Gasteiger charge is -2.42. The summed E-state index contributed by atoms with van der Waals surface area (Å²) in [6, 6.07) is 5.90. The number of rotatable bonds is 0. The highest BCUT2D eigenvalue weighted by molar-refractivity contribution is 5.59. The van der Waals surface area contributed by atoms with Crippen LogP contribution < -0.4 is 16.4 Å². The average Bonchev–Trinajstić information content (AvgIpc) is 2.29. The first-order valence-corrected chi connectivity index (χ1v) is 5.81. The van der Waals surface area contributed by atoms with Gasteiger partial charge >= 0.3 is 0 Å². The molecule has 4 nitrogen and oxygen atoms in total. The Balaban J connectivity index is 1.99. The molecule has 4 heteroatoms. The van der Waals surface area contributed by atoms with Crippen molar-refractivity contribution in [3.63, 3.8) is 0 Å². The van der Waals surface area contributed by atoms with E-state index in [0.717, 1.165) is 30.8 Å². The smallest absolute Gasteiger partial charge is 0.117 e.